The van der Waals surface area contributed by atoms with Crippen molar-refractivity contribution < 1.29 is 0 Å². The van der Waals surface area contributed by atoms with E-state index in [1.165, 1.54) is 19.4 Å². The van der Waals surface area contributed by atoms with Crippen molar-refractivity contribution >= 4 is 12.4 Å². The van der Waals surface area contributed by atoms with Crippen molar-refractivity contribution in [1.82, 2.24) is 10.2 Å². The molecule has 1 heterocycles. The van der Waals surface area contributed by atoms with Crippen LogP contribution in [0.3, 0.4) is 0 Å². The van der Waals surface area contributed by atoms with Gasteiger partial charge in [-0.1, -0.05) is 0 Å². The summed E-state index contributed by atoms with van der Waals surface area (Å²) in [5.74, 6) is 0. The lowest BCUT2D eigenvalue weighted by Gasteiger charge is -2.32. The Hall–Kier alpha value is 0.210. The minimum Gasteiger partial charge on any atom is -0.314 e. The van der Waals surface area contributed by atoms with Crippen LogP contribution in [0.2, 0.25) is 0 Å². The molecule has 0 aliphatic carbocycles. The van der Waals surface area contributed by atoms with E-state index >= 15 is 0 Å². The van der Waals surface area contributed by atoms with Crippen LogP contribution < -0.4 is 5.32 Å². The molecule has 11 heavy (non-hydrogen) atoms. The van der Waals surface area contributed by atoms with Crippen LogP contribution in [-0.4, -0.2) is 37.6 Å². The second-order valence-electron chi connectivity index (χ2n) is 3.50. The summed E-state index contributed by atoms with van der Waals surface area (Å²) in [6, 6.07) is 1.51. The fourth-order valence-electron chi connectivity index (χ4n) is 1.57. The van der Waals surface area contributed by atoms with Crippen molar-refractivity contribution in [2.24, 2.45) is 0 Å². The molecule has 0 aromatic rings. The first kappa shape index (κ1) is 11.2. The van der Waals surface area contributed by atoms with Gasteiger partial charge in [0.05, 0.1) is 0 Å². The Bertz CT molecular complexity index is 106. The molecule has 0 aromatic heterocycles. The van der Waals surface area contributed by atoms with Crippen molar-refractivity contribution in [1.29, 1.82) is 0 Å². The monoisotopic (exact) mass is 178 g/mol. The zero-order valence-electron chi connectivity index (χ0n) is 7.63. The number of nitrogens with zero attached hydrogens (tertiary/aromatic N) is 1. The Kier molecular flexibility index (Phi) is 5.06. The van der Waals surface area contributed by atoms with Gasteiger partial charge in [-0.2, -0.15) is 0 Å². The third-order valence-electron chi connectivity index (χ3n) is 2.33. The van der Waals surface area contributed by atoms with Crippen molar-refractivity contribution in [3.8, 4) is 0 Å². The van der Waals surface area contributed by atoms with E-state index in [1.807, 2.05) is 0 Å². The first-order valence-electron chi connectivity index (χ1n) is 4.10. The summed E-state index contributed by atoms with van der Waals surface area (Å²) in [7, 11) is 4.34. The van der Waals surface area contributed by atoms with E-state index in [0.29, 0.717) is 6.04 Å². The number of hydrogen-bond acceptors (Lipinski definition) is 2. The predicted molar refractivity (Wildman–Crippen MR) is 51.4 cm³/mol. The molecule has 0 radical (unpaired) electrons. The Morgan fingerprint density at radius 1 is 1.36 bits per heavy atom. The first-order valence-corrected chi connectivity index (χ1v) is 4.10. The molecule has 1 rings (SSSR count). The Morgan fingerprint density at radius 3 is 2.36 bits per heavy atom. The highest BCUT2D eigenvalue weighted by molar-refractivity contribution is 5.85. The van der Waals surface area contributed by atoms with Crippen LogP contribution in [0.5, 0.6) is 0 Å². The summed E-state index contributed by atoms with van der Waals surface area (Å²) in [5, 5.41) is 3.44. The standard InChI is InChI=1S/C8H18N2.ClH/c1-7-6-8(10(2)3)4-5-9-7;/h7-9H,4-6H2,1-3H3;1H/t7-,8?;/m1./s1. The SMILES string of the molecule is C[C@@H]1CC(N(C)C)CCN1.Cl. The second-order valence-corrected chi connectivity index (χ2v) is 3.50. The zero-order chi connectivity index (χ0) is 7.56. The van der Waals surface area contributed by atoms with Gasteiger partial charge >= 0.3 is 0 Å². The van der Waals surface area contributed by atoms with E-state index < -0.39 is 0 Å². The molecule has 1 fully saturated rings. The van der Waals surface area contributed by atoms with Crippen LogP contribution in [0.25, 0.3) is 0 Å². The van der Waals surface area contributed by atoms with Gasteiger partial charge in [0.25, 0.3) is 0 Å². The van der Waals surface area contributed by atoms with E-state index in [9.17, 15) is 0 Å². The molecule has 1 unspecified atom stereocenters. The molecule has 1 aliphatic rings. The molecular formula is C8H19ClN2. The van der Waals surface area contributed by atoms with Crippen molar-refractivity contribution in [3.05, 3.63) is 0 Å². The average molecular weight is 179 g/mol. The van der Waals surface area contributed by atoms with E-state index in [4.69, 9.17) is 0 Å². The largest absolute Gasteiger partial charge is 0.314 e. The summed E-state index contributed by atoms with van der Waals surface area (Å²) in [4.78, 5) is 2.33. The molecule has 1 N–H and O–H groups in total. The number of nitrogens with one attached hydrogen (secondary N) is 1. The van der Waals surface area contributed by atoms with Gasteiger partial charge in [-0.25, -0.2) is 0 Å². The highest BCUT2D eigenvalue weighted by Crippen LogP contribution is 2.11. The van der Waals surface area contributed by atoms with Gasteiger partial charge in [0.15, 0.2) is 0 Å². The molecule has 2 atom stereocenters. The lowest BCUT2D eigenvalue weighted by molar-refractivity contribution is 0.212. The van der Waals surface area contributed by atoms with Crippen molar-refractivity contribution in [2.75, 3.05) is 20.6 Å². The fraction of sp³-hybridized carbons (Fsp3) is 1.00. The molecule has 0 saturated carbocycles. The van der Waals surface area contributed by atoms with Crippen LogP contribution >= 0.6 is 12.4 Å². The van der Waals surface area contributed by atoms with Gasteiger partial charge in [-0.3, -0.25) is 0 Å². The number of hydrogen-bond donors (Lipinski definition) is 1. The third kappa shape index (κ3) is 3.41. The lowest BCUT2D eigenvalue weighted by Crippen LogP contribution is -2.44. The third-order valence-corrected chi connectivity index (χ3v) is 2.33. The molecule has 1 saturated heterocycles. The number of piperidine rings is 1. The average Bonchev–Trinajstić information content (AvgIpc) is 1.88. The highest BCUT2D eigenvalue weighted by atomic mass is 35.5. The van der Waals surface area contributed by atoms with Gasteiger partial charge in [-0.05, 0) is 40.4 Å². The predicted octanol–water partition coefficient (Wildman–Crippen LogP) is 1.11. The molecule has 0 aromatic carbocycles. The topological polar surface area (TPSA) is 15.3 Å². The Morgan fingerprint density at radius 2 is 2.00 bits per heavy atom. The molecular weight excluding hydrogens is 160 g/mol. The second kappa shape index (κ2) is 4.96. The minimum atomic E-state index is 0. The molecule has 2 nitrogen and oxygen atoms in total. The first-order chi connectivity index (χ1) is 4.70. The van der Waals surface area contributed by atoms with Crippen LogP contribution in [0.4, 0.5) is 0 Å². The van der Waals surface area contributed by atoms with Gasteiger partial charge in [0.2, 0.25) is 0 Å². The smallest absolute Gasteiger partial charge is 0.0116 e. The maximum Gasteiger partial charge on any atom is 0.0116 e. The molecule has 68 valence electrons. The van der Waals surface area contributed by atoms with Gasteiger partial charge in [0, 0.05) is 12.1 Å². The molecule has 0 amide bonds. The fourth-order valence-corrected chi connectivity index (χ4v) is 1.57. The van der Waals surface area contributed by atoms with E-state index in [0.717, 1.165) is 6.04 Å². The van der Waals surface area contributed by atoms with Gasteiger partial charge in [0.1, 0.15) is 0 Å². The highest BCUT2D eigenvalue weighted by Gasteiger charge is 2.18. The summed E-state index contributed by atoms with van der Waals surface area (Å²) in [6.45, 7) is 3.44. The normalized spacial score (nSPS) is 31.6. The molecule has 0 bridgehead atoms. The quantitative estimate of drug-likeness (QED) is 0.648. The van der Waals surface area contributed by atoms with Crippen molar-refractivity contribution in [2.45, 2.75) is 31.8 Å². The maximum absolute atomic E-state index is 3.44. The maximum atomic E-state index is 3.44. The van der Waals surface area contributed by atoms with E-state index in [1.54, 1.807) is 0 Å². The van der Waals surface area contributed by atoms with Crippen LogP contribution in [0.15, 0.2) is 0 Å². The number of halogens is 1. The minimum absolute atomic E-state index is 0. The summed E-state index contributed by atoms with van der Waals surface area (Å²) >= 11 is 0. The van der Waals surface area contributed by atoms with Gasteiger partial charge < -0.3 is 10.2 Å². The summed E-state index contributed by atoms with van der Waals surface area (Å²) in [6.07, 6.45) is 2.60. The van der Waals surface area contributed by atoms with Gasteiger partial charge in [-0.15, -0.1) is 12.4 Å². The lowest BCUT2D eigenvalue weighted by atomic mass is 10.00. The Labute approximate surface area is 75.8 Å². The van der Waals surface area contributed by atoms with Crippen LogP contribution in [-0.2, 0) is 0 Å². The van der Waals surface area contributed by atoms with Crippen LogP contribution in [0, 0.1) is 0 Å². The summed E-state index contributed by atoms with van der Waals surface area (Å²) < 4.78 is 0. The Balaban J connectivity index is 0.000001000. The molecule has 0 spiro atoms. The zero-order valence-corrected chi connectivity index (χ0v) is 8.45. The summed E-state index contributed by atoms with van der Waals surface area (Å²) in [5.41, 5.74) is 0. The van der Waals surface area contributed by atoms with Crippen molar-refractivity contribution in [3.63, 3.8) is 0 Å². The van der Waals surface area contributed by atoms with E-state index in [2.05, 4.69) is 31.2 Å². The molecule has 3 heteroatoms. The number of rotatable bonds is 1. The van der Waals surface area contributed by atoms with Crippen LogP contribution in [0.1, 0.15) is 19.8 Å². The molecule has 1 aliphatic heterocycles. The van der Waals surface area contributed by atoms with E-state index in [-0.39, 0.29) is 12.4 Å².